The molecule has 4 N–H and O–H groups in total. The lowest BCUT2D eigenvalue weighted by Crippen LogP contribution is -2.44. The lowest BCUT2D eigenvalue weighted by atomic mass is 9.61. The number of amides is 4. The van der Waals surface area contributed by atoms with Gasteiger partial charge in [-0.3, -0.25) is 0 Å². The molecule has 2 unspecified atom stereocenters. The summed E-state index contributed by atoms with van der Waals surface area (Å²) in [6.07, 6.45) is 3.45. The van der Waals surface area contributed by atoms with Gasteiger partial charge < -0.3 is 21.3 Å². The lowest BCUT2D eigenvalue weighted by Gasteiger charge is -2.46. The largest absolute Gasteiger partial charge is 0.341 e. The number of azo groups is 2. The molecule has 1 fully saturated rings. The smallest absolute Gasteiger partial charge is 0.319 e. The van der Waals surface area contributed by atoms with Crippen molar-refractivity contribution in [1.29, 1.82) is 0 Å². The van der Waals surface area contributed by atoms with E-state index in [0.717, 1.165) is 29.7 Å². The van der Waals surface area contributed by atoms with E-state index >= 15 is 0 Å². The predicted octanol–water partition coefficient (Wildman–Crippen LogP) is 9.86. The molecule has 44 heavy (non-hydrogen) atoms. The number of aryl methyl sites for hydroxylation is 2. The number of urea groups is 2. The van der Waals surface area contributed by atoms with Gasteiger partial charge in [0, 0.05) is 25.0 Å². The van der Waals surface area contributed by atoms with Crippen LogP contribution in [0.25, 0.3) is 0 Å². The van der Waals surface area contributed by atoms with E-state index < -0.39 is 0 Å². The van der Waals surface area contributed by atoms with E-state index in [-0.39, 0.29) is 17.5 Å². The van der Waals surface area contributed by atoms with Crippen LogP contribution in [0.5, 0.6) is 0 Å². The van der Waals surface area contributed by atoms with Crippen molar-refractivity contribution < 1.29 is 9.59 Å². The van der Waals surface area contributed by atoms with E-state index in [4.69, 9.17) is 0 Å². The average Bonchev–Trinajstić information content (AvgIpc) is 2.94. The van der Waals surface area contributed by atoms with Crippen molar-refractivity contribution in [2.45, 2.75) is 60.8 Å². The molecule has 1 aliphatic carbocycles. The molecule has 3 aromatic rings. The highest BCUT2D eigenvalue weighted by molar-refractivity contribution is 5.90. The maximum absolute atomic E-state index is 12.6. The van der Waals surface area contributed by atoms with Gasteiger partial charge in [0.2, 0.25) is 0 Å². The number of benzene rings is 3. The number of nitrogens with zero attached hydrogens (tertiary/aromatic N) is 4. The molecule has 0 spiro atoms. The molecule has 2 atom stereocenters. The van der Waals surface area contributed by atoms with Crippen LogP contribution in [-0.2, 0) is 0 Å². The van der Waals surface area contributed by atoms with E-state index in [1.165, 1.54) is 6.42 Å². The van der Waals surface area contributed by atoms with Crippen LogP contribution in [0.4, 0.5) is 43.7 Å². The van der Waals surface area contributed by atoms with Gasteiger partial charge >= 0.3 is 12.1 Å². The molecule has 4 amide bonds. The summed E-state index contributed by atoms with van der Waals surface area (Å²) in [5, 5.41) is 28.7. The molecule has 10 nitrogen and oxygen atoms in total. The molecule has 10 heteroatoms. The molecule has 1 aliphatic rings. The molecule has 0 aromatic heterocycles. The van der Waals surface area contributed by atoms with E-state index in [2.05, 4.69) is 69.4 Å². The van der Waals surface area contributed by atoms with Crippen LogP contribution in [0.1, 0.15) is 58.1 Å². The Morgan fingerprint density at radius 1 is 0.750 bits per heavy atom. The molecule has 1 saturated carbocycles. The maximum Gasteiger partial charge on any atom is 0.319 e. The zero-order valence-corrected chi connectivity index (χ0v) is 26.8. The van der Waals surface area contributed by atoms with Crippen molar-refractivity contribution in [3.8, 4) is 0 Å². The number of carbonyl (C=O) groups excluding carboxylic acids is 2. The molecule has 0 saturated heterocycles. The molecule has 0 aliphatic heterocycles. The highest BCUT2D eigenvalue weighted by atomic mass is 16.2. The summed E-state index contributed by atoms with van der Waals surface area (Å²) in [5.41, 5.74) is 6.38. The highest BCUT2D eigenvalue weighted by Gasteiger charge is 2.39. The second-order valence-corrected chi connectivity index (χ2v) is 13.1. The molecule has 232 valence electrons. The first-order chi connectivity index (χ1) is 20.8. The number of rotatable bonds is 8. The minimum Gasteiger partial charge on any atom is -0.341 e. The van der Waals surface area contributed by atoms with Gasteiger partial charge in [0.1, 0.15) is 0 Å². The summed E-state index contributed by atoms with van der Waals surface area (Å²) < 4.78 is 0. The first-order valence-corrected chi connectivity index (χ1v) is 15.0. The Labute approximate surface area is 260 Å². The number of carbonyl (C=O) groups is 2. The number of hydrogen-bond acceptors (Lipinski definition) is 6. The van der Waals surface area contributed by atoms with Crippen LogP contribution in [-0.4, -0.2) is 25.7 Å². The van der Waals surface area contributed by atoms with Crippen molar-refractivity contribution in [3.05, 3.63) is 71.8 Å². The molecule has 0 heterocycles. The minimum absolute atomic E-state index is 0.0989. The van der Waals surface area contributed by atoms with Gasteiger partial charge in [-0.15, -0.1) is 0 Å². The summed E-state index contributed by atoms with van der Waals surface area (Å²) in [7, 11) is 1.57. The molecule has 0 radical (unpaired) electrons. The maximum atomic E-state index is 12.6. The van der Waals surface area contributed by atoms with Crippen LogP contribution >= 0.6 is 0 Å². The van der Waals surface area contributed by atoms with Gasteiger partial charge in [0.15, 0.2) is 0 Å². The van der Waals surface area contributed by atoms with Crippen molar-refractivity contribution in [2.24, 2.45) is 37.2 Å². The number of hydrogen-bond donors (Lipinski definition) is 4. The highest BCUT2D eigenvalue weighted by Crippen LogP contribution is 2.48. The van der Waals surface area contributed by atoms with E-state index in [0.29, 0.717) is 46.3 Å². The Kier molecular flexibility index (Phi) is 10.1. The topological polar surface area (TPSA) is 132 Å². The summed E-state index contributed by atoms with van der Waals surface area (Å²) in [5.74, 6) is 0.656. The lowest BCUT2D eigenvalue weighted by molar-refractivity contribution is 0.0629. The van der Waals surface area contributed by atoms with E-state index in [1.54, 1.807) is 7.05 Å². The molecule has 0 bridgehead atoms. The fourth-order valence-corrected chi connectivity index (χ4v) is 6.56. The quantitative estimate of drug-likeness (QED) is 0.193. The van der Waals surface area contributed by atoms with Crippen molar-refractivity contribution in [1.82, 2.24) is 10.6 Å². The third kappa shape index (κ3) is 9.20. The Balaban J connectivity index is 1.29. The van der Waals surface area contributed by atoms with E-state index in [9.17, 15) is 9.59 Å². The summed E-state index contributed by atoms with van der Waals surface area (Å²) in [6, 6.07) is 17.8. The van der Waals surface area contributed by atoms with E-state index in [1.807, 2.05) is 74.5 Å². The fourth-order valence-electron chi connectivity index (χ4n) is 6.56. The number of anilines is 2. The van der Waals surface area contributed by atoms with Crippen LogP contribution in [0, 0.1) is 30.6 Å². The van der Waals surface area contributed by atoms with Gasteiger partial charge in [-0.05, 0) is 122 Å². The Morgan fingerprint density at radius 2 is 1.25 bits per heavy atom. The average molecular weight is 597 g/mol. The third-order valence-electron chi connectivity index (χ3n) is 7.82. The van der Waals surface area contributed by atoms with Crippen molar-refractivity contribution >= 4 is 46.2 Å². The van der Waals surface area contributed by atoms with Gasteiger partial charge in [0.05, 0.1) is 22.7 Å². The van der Waals surface area contributed by atoms with Crippen LogP contribution in [0.3, 0.4) is 0 Å². The van der Waals surface area contributed by atoms with Gasteiger partial charge in [-0.1, -0.05) is 27.7 Å². The van der Waals surface area contributed by atoms with Gasteiger partial charge in [-0.2, -0.15) is 20.5 Å². The Bertz CT molecular complexity index is 1510. The van der Waals surface area contributed by atoms with Crippen molar-refractivity contribution in [2.75, 3.05) is 24.2 Å². The van der Waals surface area contributed by atoms with Crippen molar-refractivity contribution in [3.63, 3.8) is 0 Å². The van der Waals surface area contributed by atoms with Gasteiger partial charge in [0.25, 0.3) is 0 Å². The second kappa shape index (κ2) is 13.8. The molecular weight excluding hydrogens is 552 g/mol. The molecule has 3 aromatic carbocycles. The monoisotopic (exact) mass is 596 g/mol. The standard InChI is InChI=1S/C34H44N8O2/c1-22-18-33(4,5)20-34(6,19-22)21-36-32(44)37-25-8-10-26(11-9-25)39-40-27-12-14-28(15-13-27)41-42-30-23(2)16-29(17-24(30)3)38-31(43)35-7/h8-17,22H,18-21H2,1-7H3,(H2,35,38,43)(H2,36,37,44). The normalized spacial score (nSPS) is 19.6. The minimum atomic E-state index is -0.276. The SMILES string of the molecule is CNC(=O)Nc1cc(C)c(N=Nc2ccc(N=Nc3ccc(NC(=O)NCC4(C)CC(C)CC(C)(C)C4)cc3)cc2)c(C)c1. The number of nitrogens with one attached hydrogen (secondary N) is 4. The molecule has 4 rings (SSSR count). The first kappa shape index (κ1) is 32.3. The predicted molar refractivity (Wildman–Crippen MR) is 177 cm³/mol. The third-order valence-corrected chi connectivity index (χ3v) is 7.82. The van der Waals surface area contributed by atoms with Crippen LogP contribution in [0.15, 0.2) is 81.1 Å². The van der Waals surface area contributed by atoms with Crippen LogP contribution < -0.4 is 21.3 Å². The second-order valence-electron chi connectivity index (χ2n) is 13.1. The zero-order valence-electron chi connectivity index (χ0n) is 26.8. The summed E-state index contributed by atoms with van der Waals surface area (Å²) >= 11 is 0. The molecular formula is C34H44N8O2. The Hall–Kier alpha value is -4.60. The van der Waals surface area contributed by atoms with Gasteiger partial charge in [-0.25, -0.2) is 9.59 Å². The summed E-state index contributed by atoms with van der Waals surface area (Å²) in [4.78, 5) is 24.2. The zero-order chi connectivity index (χ0) is 31.9. The Morgan fingerprint density at radius 3 is 1.77 bits per heavy atom. The first-order valence-electron chi connectivity index (χ1n) is 15.0. The summed E-state index contributed by atoms with van der Waals surface area (Å²) in [6.45, 7) is 13.7. The fraction of sp³-hybridized carbons (Fsp3) is 0.412. The van der Waals surface area contributed by atoms with Crippen LogP contribution in [0.2, 0.25) is 0 Å².